The maximum Gasteiger partial charge on any atom is 0.175 e. The zero-order chi connectivity index (χ0) is 13.0. The van der Waals surface area contributed by atoms with Crippen molar-refractivity contribution in [1.82, 2.24) is 0 Å². The van der Waals surface area contributed by atoms with Gasteiger partial charge in [-0.1, -0.05) is 22.4 Å². The van der Waals surface area contributed by atoms with Gasteiger partial charge in [-0.25, -0.2) is 0 Å². The zero-order valence-electron chi connectivity index (χ0n) is 10.5. The van der Waals surface area contributed by atoms with Crippen molar-refractivity contribution < 1.29 is 9.47 Å². The summed E-state index contributed by atoms with van der Waals surface area (Å²) in [6.45, 7) is 3.44. The summed E-state index contributed by atoms with van der Waals surface area (Å²) in [5.74, 6) is 2.40. The first-order chi connectivity index (χ1) is 8.74. The third kappa shape index (κ3) is 3.41. The van der Waals surface area contributed by atoms with E-state index in [1.807, 2.05) is 13.0 Å². The molecule has 0 bridgehead atoms. The molecule has 0 heterocycles. The smallest absolute Gasteiger partial charge is 0.175 e. The van der Waals surface area contributed by atoms with Crippen LogP contribution < -0.4 is 9.47 Å². The molecule has 1 aromatic rings. The lowest BCUT2D eigenvalue weighted by atomic mass is 9.86. The average molecular weight is 378 g/mol. The zero-order valence-corrected chi connectivity index (χ0v) is 13.7. The Morgan fingerprint density at radius 2 is 2.06 bits per heavy atom. The van der Waals surface area contributed by atoms with Crippen LogP contribution in [0.25, 0.3) is 0 Å². The van der Waals surface area contributed by atoms with E-state index >= 15 is 0 Å². The van der Waals surface area contributed by atoms with Gasteiger partial charge in [0.05, 0.1) is 17.7 Å². The Hall–Kier alpha value is -0.220. The first kappa shape index (κ1) is 14.2. The van der Waals surface area contributed by atoms with Crippen molar-refractivity contribution in [3.63, 3.8) is 0 Å². The quantitative estimate of drug-likeness (QED) is 0.655. The third-order valence-corrected chi connectivity index (χ3v) is 4.45. The lowest BCUT2D eigenvalue weighted by molar-refractivity contribution is 0.173. The molecular weight excluding hydrogens is 360 g/mol. The lowest BCUT2D eigenvalue weighted by Gasteiger charge is -2.26. The molecule has 1 aliphatic rings. The van der Waals surface area contributed by atoms with Crippen molar-refractivity contribution in [2.75, 3.05) is 13.2 Å². The van der Waals surface area contributed by atoms with Crippen LogP contribution in [0.1, 0.15) is 31.7 Å². The Morgan fingerprint density at radius 3 is 2.61 bits per heavy atom. The summed E-state index contributed by atoms with van der Waals surface area (Å²) >= 11 is 7.04. The second-order valence-corrected chi connectivity index (χ2v) is 5.99. The Labute approximate surface area is 125 Å². The van der Waals surface area contributed by atoms with E-state index in [4.69, 9.17) is 9.47 Å². The number of hydrogen-bond acceptors (Lipinski definition) is 2. The monoisotopic (exact) mass is 376 g/mol. The topological polar surface area (TPSA) is 18.5 Å². The molecule has 1 saturated carbocycles. The van der Waals surface area contributed by atoms with Crippen molar-refractivity contribution in [3.05, 3.63) is 22.2 Å². The maximum atomic E-state index is 5.94. The standard InChI is InChI=1S/C14H18Br2O2/c1-2-17-13-7-11(8-15)6-12(16)14(13)18-9-10-4-3-5-10/h6-7,10H,2-5,8-9H2,1H3. The van der Waals surface area contributed by atoms with Crippen LogP contribution in [0.3, 0.4) is 0 Å². The van der Waals surface area contributed by atoms with Crippen LogP contribution in [-0.4, -0.2) is 13.2 Å². The fourth-order valence-electron chi connectivity index (χ4n) is 1.96. The van der Waals surface area contributed by atoms with E-state index in [0.717, 1.165) is 33.8 Å². The maximum absolute atomic E-state index is 5.94. The second-order valence-electron chi connectivity index (χ2n) is 4.58. The van der Waals surface area contributed by atoms with E-state index in [0.29, 0.717) is 6.61 Å². The minimum atomic E-state index is 0.651. The van der Waals surface area contributed by atoms with Gasteiger partial charge < -0.3 is 9.47 Å². The number of hydrogen-bond donors (Lipinski definition) is 0. The highest BCUT2D eigenvalue weighted by Gasteiger charge is 2.20. The highest BCUT2D eigenvalue weighted by atomic mass is 79.9. The molecule has 0 aliphatic heterocycles. The van der Waals surface area contributed by atoms with Gasteiger partial charge in [-0.05, 0) is 59.3 Å². The van der Waals surface area contributed by atoms with Gasteiger partial charge in [-0.2, -0.15) is 0 Å². The van der Waals surface area contributed by atoms with Crippen molar-refractivity contribution >= 4 is 31.9 Å². The molecule has 18 heavy (non-hydrogen) atoms. The van der Waals surface area contributed by atoms with Gasteiger partial charge in [0.2, 0.25) is 0 Å². The largest absolute Gasteiger partial charge is 0.490 e. The van der Waals surface area contributed by atoms with Gasteiger partial charge in [-0.3, -0.25) is 0 Å². The van der Waals surface area contributed by atoms with Gasteiger partial charge in [0.25, 0.3) is 0 Å². The minimum Gasteiger partial charge on any atom is -0.490 e. The summed E-state index contributed by atoms with van der Waals surface area (Å²) in [5, 5.41) is 0.814. The number of benzene rings is 1. The second kappa shape index (κ2) is 6.80. The van der Waals surface area contributed by atoms with Crippen molar-refractivity contribution in [1.29, 1.82) is 0 Å². The minimum absolute atomic E-state index is 0.651. The Morgan fingerprint density at radius 1 is 1.28 bits per heavy atom. The van der Waals surface area contributed by atoms with Crippen LogP contribution in [0.2, 0.25) is 0 Å². The Balaban J connectivity index is 2.13. The Bertz CT molecular complexity index is 403. The normalized spacial score (nSPS) is 15.3. The van der Waals surface area contributed by atoms with Crippen molar-refractivity contribution in [2.45, 2.75) is 31.5 Å². The summed E-state index contributed by atoms with van der Waals surface area (Å²) in [4.78, 5) is 0. The molecule has 0 saturated heterocycles. The SMILES string of the molecule is CCOc1cc(CBr)cc(Br)c1OCC1CCC1. The molecule has 1 aliphatic carbocycles. The molecule has 0 atom stereocenters. The van der Waals surface area contributed by atoms with E-state index in [2.05, 4.69) is 37.9 Å². The summed E-state index contributed by atoms with van der Waals surface area (Å²) in [6.07, 6.45) is 3.93. The Kier molecular flexibility index (Phi) is 5.37. The van der Waals surface area contributed by atoms with Gasteiger partial charge in [0.1, 0.15) is 0 Å². The molecule has 2 nitrogen and oxygen atoms in total. The molecule has 0 N–H and O–H groups in total. The van der Waals surface area contributed by atoms with Gasteiger partial charge in [0.15, 0.2) is 11.5 Å². The van der Waals surface area contributed by atoms with Crippen LogP contribution in [0.15, 0.2) is 16.6 Å². The fourth-order valence-corrected chi connectivity index (χ4v) is 2.89. The predicted molar refractivity (Wildman–Crippen MR) is 80.8 cm³/mol. The van der Waals surface area contributed by atoms with E-state index in [1.54, 1.807) is 0 Å². The number of ether oxygens (including phenoxy) is 2. The van der Waals surface area contributed by atoms with E-state index in [1.165, 1.54) is 24.8 Å². The predicted octanol–water partition coefficient (Wildman–Crippen LogP) is 4.92. The molecule has 0 aromatic heterocycles. The highest BCUT2D eigenvalue weighted by molar-refractivity contribution is 9.10. The molecular formula is C14H18Br2O2. The number of alkyl halides is 1. The van der Waals surface area contributed by atoms with E-state index < -0.39 is 0 Å². The summed E-state index contributed by atoms with van der Waals surface area (Å²) in [6, 6.07) is 4.12. The molecule has 4 heteroatoms. The number of rotatable bonds is 6. The molecule has 0 spiro atoms. The molecule has 0 unspecified atom stereocenters. The average Bonchev–Trinajstić information content (AvgIpc) is 2.30. The van der Waals surface area contributed by atoms with Crippen LogP contribution in [0.4, 0.5) is 0 Å². The van der Waals surface area contributed by atoms with Crippen molar-refractivity contribution in [3.8, 4) is 11.5 Å². The summed E-state index contributed by atoms with van der Waals surface area (Å²) < 4.78 is 12.6. The van der Waals surface area contributed by atoms with E-state index in [9.17, 15) is 0 Å². The van der Waals surface area contributed by atoms with Crippen LogP contribution in [0, 0.1) is 5.92 Å². The fraction of sp³-hybridized carbons (Fsp3) is 0.571. The first-order valence-electron chi connectivity index (χ1n) is 6.38. The summed E-state index contributed by atoms with van der Waals surface area (Å²) in [7, 11) is 0. The highest BCUT2D eigenvalue weighted by Crippen LogP contribution is 2.38. The lowest BCUT2D eigenvalue weighted by Crippen LogP contribution is -2.19. The molecule has 100 valence electrons. The third-order valence-electron chi connectivity index (χ3n) is 3.21. The molecule has 1 fully saturated rings. The van der Waals surface area contributed by atoms with E-state index in [-0.39, 0.29) is 0 Å². The summed E-state index contributed by atoms with van der Waals surface area (Å²) in [5.41, 5.74) is 1.18. The number of halogens is 2. The first-order valence-corrected chi connectivity index (χ1v) is 8.30. The van der Waals surface area contributed by atoms with Gasteiger partial charge in [-0.15, -0.1) is 0 Å². The molecule has 1 aromatic carbocycles. The molecule has 0 amide bonds. The van der Waals surface area contributed by atoms with Crippen LogP contribution in [0.5, 0.6) is 11.5 Å². The van der Waals surface area contributed by atoms with Crippen LogP contribution >= 0.6 is 31.9 Å². The van der Waals surface area contributed by atoms with Gasteiger partial charge >= 0.3 is 0 Å². The molecule has 2 rings (SSSR count). The van der Waals surface area contributed by atoms with Crippen molar-refractivity contribution in [2.24, 2.45) is 5.92 Å². The van der Waals surface area contributed by atoms with Gasteiger partial charge in [0, 0.05) is 5.33 Å². The molecule has 0 radical (unpaired) electrons. The van der Waals surface area contributed by atoms with Crippen LogP contribution in [-0.2, 0) is 5.33 Å².